The van der Waals surface area contributed by atoms with Crippen LogP contribution in [0.4, 0.5) is 0 Å². The fourth-order valence-corrected chi connectivity index (χ4v) is 6.56. The number of allylic oxidation sites excluding steroid dienone is 2. The Morgan fingerprint density at radius 2 is 1.38 bits per heavy atom. The van der Waals surface area contributed by atoms with Gasteiger partial charge in [-0.3, -0.25) is 9.97 Å². The summed E-state index contributed by atoms with van der Waals surface area (Å²) in [6.45, 7) is 0. The van der Waals surface area contributed by atoms with Crippen LogP contribution in [0.2, 0.25) is 0 Å². The smallest absolute Gasteiger partial charge is 0.0743 e. The van der Waals surface area contributed by atoms with E-state index in [4.69, 9.17) is 4.98 Å². The average Bonchev–Trinajstić information content (AvgIpc) is 3.47. The normalized spacial score (nSPS) is 19.1. The van der Waals surface area contributed by atoms with Gasteiger partial charge in [0.05, 0.1) is 16.6 Å². The Bertz CT molecular complexity index is 1660. The minimum atomic E-state index is -0.332. The van der Waals surface area contributed by atoms with Crippen LogP contribution in [0.1, 0.15) is 33.5 Å². The van der Waals surface area contributed by atoms with E-state index in [1.807, 2.05) is 12.4 Å². The topological polar surface area (TPSA) is 25.8 Å². The summed E-state index contributed by atoms with van der Waals surface area (Å²) in [5.74, 6) is 0. The second-order valence-corrected chi connectivity index (χ2v) is 8.94. The first kappa shape index (κ1) is 16.6. The Kier molecular flexibility index (Phi) is 2.91. The molecule has 148 valence electrons. The minimum Gasteiger partial charge on any atom is -0.256 e. The summed E-state index contributed by atoms with van der Waals surface area (Å²) in [5, 5.41) is 1.22. The van der Waals surface area contributed by atoms with Gasteiger partial charge in [-0.15, -0.1) is 0 Å². The Morgan fingerprint density at radius 3 is 2.28 bits per heavy atom. The highest BCUT2D eigenvalue weighted by Gasteiger charge is 2.55. The number of rotatable bonds is 0. The summed E-state index contributed by atoms with van der Waals surface area (Å²) in [6, 6.07) is 31.0. The van der Waals surface area contributed by atoms with Crippen molar-refractivity contribution in [2.75, 3.05) is 0 Å². The molecule has 0 fully saturated rings. The van der Waals surface area contributed by atoms with Crippen LogP contribution in [0.15, 0.2) is 97.3 Å². The molecule has 8 rings (SSSR count). The Labute approximate surface area is 185 Å². The van der Waals surface area contributed by atoms with E-state index in [1.54, 1.807) is 0 Å². The predicted octanol–water partition coefficient (Wildman–Crippen LogP) is 6.43. The van der Waals surface area contributed by atoms with Crippen LogP contribution in [0, 0.1) is 0 Å². The van der Waals surface area contributed by atoms with Crippen molar-refractivity contribution < 1.29 is 0 Å². The molecule has 2 aromatic heterocycles. The lowest BCUT2D eigenvalue weighted by Gasteiger charge is -2.32. The van der Waals surface area contributed by atoms with Crippen molar-refractivity contribution in [3.05, 3.63) is 131 Å². The molecule has 0 saturated carbocycles. The molecule has 1 atom stereocenters. The number of nitrogens with zero attached hydrogens (tertiary/aromatic N) is 2. The lowest BCUT2D eigenvalue weighted by molar-refractivity contribution is 0.836. The largest absolute Gasteiger partial charge is 0.256 e. The van der Waals surface area contributed by atoms with Gasteiger partial charge in [-0.25, -0.2) is 0 Å². The van der Waals surface area contributed by atoms with Crippen molar-refractivity contribution in [1.82, 2.24) is 9.97 Å². The molecule has 32 heavy (non-hydrogen) atoms. The van der Waals surface area contributed by atoms with Crippen molar-refractivity contribution in [3.63, 3.8) is 0 Å². The zero-order valence-corrected chi connectivity index (χ0v) is 17.3. The van der Waals surface area contributed by atoms with Gasteiger partial charge in [0, 0.05) is 29.8 Å². The van der Waals surface area contributed by atoms with Gasteiger partial charge >= 0.3 is 0 Å². The molecule has 5 aromatic rings. The molecule has 0 radical (unpaired) electrons. The molecular formula is C30H18N2. The fourth-order valence-electron chi connectivity index (χ4n) is 6.56. The number of hydrogen-bond donors (Lipinski definition) is 0. The number of aromatic nitrogens is 2. The van der Waals surface area contributed by atoms with E-state index < -0.39 is 0 Å². The molecule has 0 aliphatic heterocycles. The molecule has 2 heteroatoms. The second kappa shape index (κ2) is 5.60. The number of benzene rings is 3. The van der Waals surface area contributed by atoms with Gasteiger partial charge in [0.15, 0.2) is 0 Å². The number of fused-ring (bicyclic) bond motifs is 13. The molecule has 1 spiro atoms. The molecule has 0 saturated heterocycles. The van der Waals surface area contributed by atoms with Crippen LogP contribution in [-0.2, 0) is 11.8 Å². The molecular weight excluding hydrogens is 388 g/mol. The third-order valence-electron chi connectivity index (χ3n) is 7.62. The summed E-state index contributed by atoms with van der Waals surface area (Å²) in [4.78, 5) is 9.61. The van der Waals surface area contributed by atoms with Gasteiger partial charge in [-0.2, -0.15) is 0 Å². The van der Waals surface area contributed by atoms with Gasteiger partial charge in [-0.05, 0) is 62.7 Å². The molecule has 0 bridgehead atoms. The van der Waals surface area contributed by atoms with E-state index in [2.05, 4.69) is 89.9 Å². The summed E-state index contributed by atoms with van der Waals surface area (Å²) in [6.07, 6.45) is 4.77. The van der Waals surface area contributed by atoms with Crippen molar-refractivity contribution in [3.8, 4) is 11.1 Å². The molecule has 3 aliphatic carbocycles. The standard InChI is InChI=1S/C30H18N2/c1-3-11-23-19(8-1)22-17-18-7-5-16-32-29(18)28(22)30(23)24-12-4-2-9-20(24)27-21-10-6-15-31-26(21)14-13-25(27)30/h1-16H,17H2. The SMILES string of the molecule is c1cnc2c(c1)CC1=C2C2(c3ccccc31)c1ccccc1-c1c2ccc2ncccc12. The first-order chi connectivity index (χ1) is 15.9. The summed E-state index contributed by atoms with van der Waals surface area (Å²) in [5.41, 5.74) is 14.1. The maximum atomic E-state index is 4.94. The summed E-state index contributed by atoms with van der Waals surface area (Å²) < 4.78 is 0. The molecule has 0 amide bonds. The second-order valence-electron chi connectivity index (χ2n) is 8.94. The van der Waals surface area contributed by atoms with E-state index in [-0.39, 0.29) is 5.41 Å². The maximum Gasteiger partial charge on any atom is 0.0743 e. The van der Waals surface area contributed by atoms with Gasteiger partial charge < -0.3 is 0 Å². The zero-order valence-electron chi connectivity index (χ0n) is 17.3. The first-order valence-corrected chi connectivity index (χ1v) is 11.1. The third kappa shape index (κ3) is 1.72. The lowest BCUT2D eigenvalue weighted by Crippen LogP contribution is -2.27. The molecule has 2 nitrogen and oxygen atoms in total. The number of pyridine rings is 2. The van der Waals surface area contributed by atoms with Crippen LogP contribution in [0.3, 0.4) is 0 Å². The van der Waals surface area contributed by atoms with Crippen molar-refractivity contribution >= 4 is 22.0 Å². The van der Waals surface area contributed by atoms with Crippen LogP contribution in [0.25, 0.3) is 33.2 Å². The van der Waals surface area contributed by atoms with Crippen molar-refractivity contribution in [1.29, 1.82) is 0 Å². The molecule has 2 heterocycles. The monoisotopic (exact) mass is 406 g/mol. The van der Waals surface area contributed by atoms with E-state index in [1.165, 1.54) is 55.5 Å². The fraction of sp³-hybridized carbons (Fsp3) is 0.0667. The Morgan fingerprint density at radius 1 is 0.625 bits per heavy atom. The zero-order chi connectivity index (χ0) is 20.9. The quantitative estimate of drug-likeness (QED) is 0.296. The van der Waals surface area contributed by atoms with Gasteiger partial charge in [-0.1, -0.05) is 66.7 Å². The minimum absolute atomic E-state index is 0.332. The van der Waals surface area contributed by atoms with Crippen LogP contribution in [0.5, 0.6) is 0 Å². The van der Waals surface area contributed by atoms with E-state index in [0.29, 0.717) is 0 Å². The maximum absolute atomic E-state index is 4.94. The summed E-state index contributed by atoms with van der Waals surface area (Å²) >= 11 is 0. The highest BCUT2D eigenvalue weighted by Crippen LogP contribution is 2.67. The number of hydrogen-bond acceptors (Lipinski definition) is 2. The Balaban J connectivity index is 1.61. The van der Waals surface area contributed by atoms with Crippen LogP contribution in [-0.4, -0.2) is 9.97 Å². The first-order valence-electron chi connectivity index (χ1n) is 11.1. The summed E-state index contributed by atoms with van der Waals surface area (Å²) in [7, 11) is 0. The van der Waals surface area contributed by atoms with E-state index >= 15 is 0 Å². The average molecular weight is 406 g/mol. The van der Waals surface area contributed by atoms with Crippen molar-refractivity contribution in [2.45, 2.75) is 11.8 Å². The highest BCUT2D eigenvalue weighted by atomic mass is 14.7. The lowest BCUT2D eigenvalue weighted by atomic mass is 9.69. The van der Waals surface area contributed by atoms with Crippen LogP contribution < -0.4 is 0 Å². The van der Waals surface area contributed by atoms with Crippen molar-refractivity contribution in [2.24, 2.45) is 0 Å². The molecule has 1 unspecified atom stereocenters. The molecule has 0 N–H and O–H groups in total. The van der Waals surface area contributed by atoms with Gasteiger partial charge in [0.1, 0.15) is 0 Å². The molecule has 3 aromatic carbocycles. The highest BCUT2D eigenvalue weighted by molar-refractivity contribution is 6.14. The molecule has 3 aliphatic rings. The van der Waals surface area contributed by atoms with E-state index in [9.17, 15) is 0 Å². The van der Waals surface area contributed by atoms with Gasteiger partial charge in [0.25, 0.3) is 0 Å². The Hall–Kier alpha value is -4.04. The predicted molar refractivity (Wildman–Crippen MR) is 128 cm³/mol. The third-order valence-corrected chi connectivity index (χ3v) is 7.62. The van der Waals surface area contributed by atoms with E-state index in [0.717, 1.165) is 17.6 Å². The van der Waals surface area contributed by atoms with Crippen LogP contribution >= 0.6 is 0 Å². The van der Waals surface area contributed by atoms with Gasteiger partial charge in [0.2, 0.25) is 0 Å².